The highest BCUT2D eigenvalue weighted by Crippen LogP contribution is 2.31. The lowest BCUT2D eigenvalue weighted by atomic mass is 9.95. The van der Waals surface area contributed by atoms with Crippen molar-refractivity contribution in [2.24, 2.45) is 7.05 Å². The lowest BCUT2D eigenvalue weighted by molar-refractivity contribution is -0.134. The molecule has 1 atom stereocenters. The van der Waals surface area contributed by atoms with E-state index in [-0.39, 0.29) is 11.8 Å². The molecule has 1 amide bonds. The molecule has 1 fully saturated rings. The molecule has 30 heavy (non-hydrogen) atoms. The molecule has 1 aliphatic rings. The van der Waals surface area contributed by atoms with Crippen LogP contribution < -0.4 is 0 Å². The van der Waals surface area contributed by atoms with Gasteiger partial charge in [-0.05, 0) is 25.0 Å². The van der Waals surface area contributed by atoms with E-state index in [1.807, 2.05) is 72.1 Å². The number of piperidine rings is 1. The van der Waals surface area contributed by atoms with Gasteiger partial charge >= 0.3 is 0 Å². The third-order valence-corrected chi connectivity index (χ3v) is 5.82. The molecule has 1 unspecified atom stereocenters. The van der Waals surface area contributed by atoms with Crippen molar-refractivity contribution in [3.8, 4) is 11.4 Å². The topological polar surface area (TPSA) is 77.0 Å². The fourth-order valence-electron chi connectivity index (χ4n) is 4.16. The van der Waals surface area contributed by atoms with E-state index < -0.39 is 0 Å². The molecule has 1 aliphatic heterocycles. The average Bonchev–Trinajstić information content (AvgIpc) is 3.35. The lowest BCUT2D eigenvalue weighted by Gasteiger charge is -2.30. The molecular weight excluding hydrogens is 378 g/mol. The van der Waals surface area contributed by atoms with Crippen molar-refractivity contribution in [2.75, 3.05) is 6.54 Å². The standard InChI is InChI=1S/C23H23N5O2/c1-15-19-9-8-17(12-20(19)27(2)25-15)22-24-23(30-26-22)18-10-11-28(21(29)13-18)14-16-6-4-3-5-7-16/h3-9,12,18H,10-11,13-14H2,1-2H3. The van der Waals surface area contributed by atoms with Crippen molar-refractivity contribution in [2.45, 2.75) is 32.2 Å². The minimum absolute atomic E-state index is 0.0338. The lowest BCUT2D eigenvalue weighted by Crippen LogP contribution is -2.37. The minimum Gasteiger partial charge on any atom is -0.339 e. The van der Waals surface area contributed by atoms with Crippen LogP contribution in [-0.2, 0) is 18.4 Å². The normalized spacial score (nSPS) is 17.1. The summed E-state index contributed by atoms with van der Waals surface area (Å²) in [5, 5.41) is 9.75. The molecule has 0 bridgehead atoms. The van der Waals surface area contributed by atoms with Gasteiger partial charge in [0, 0.05) is 43.4 Å². The van der Waals surface area contributed by atoms with E-state index in [0.717, 1.165) is 34.1 Å². The zero-order chi connectivity index (χ0) is 20.7. The summed E-state index contributed by atoms with van der Waals surface area (Å²) in [7, 11) is 1.93. The second kappa shape index (κ2) is 7.40. The fourth-order valence-corrected chi connectivity index (χ4v) is 4.16. The van der Waals surface area contributed by atoms with Crippen LogP contribution in [0, 0.1) is 6.92 Å². The van der Waals surface area contributed by atoms with Gasteiger partial charge in [0.05, 0.1) is 11.2 Å². The van der Waals surface area contributed by atoms with Crippen LogP contribution in [0.25, 0.3) is 22.3 Å². The van der Waals surface area contributed by atoms with Gasteiger partial charge in [0.2, 0.25) is 17.6 Å². The maximum absolute atomic E-state index is 12.7. The van der Waals surface area contributed by atoms with Gasteiger partial charge in [-0.15, -0.1) is 0 Å². The number of likely N-dealkylation sites (tertiary alicyclic amines) is 1. The number of hydrogen-bond acceptors (Lipinski definition) is 5. The van der Waals surface area contributed by atoms with Crippen LogP contribution in [0.1, 0.15) is 35.9 Å². The van der Waals surface area contributed by atoms with Gasteiger partial charge in [-0.2, -0.15) is 10.1 Å². The molecule has 4 aromatic rings. The number of amides is 1. The van der Waals surface area contributed by atoms with Crippen LogP contribution in [-0.4, -0.2) is 37.3 Å². The largest absolute Gasteiger partial charge is 0.339 e. The summed E-state index contributed by atoms with van der Waals surface area (Å²) in [6.07, 6.45) is 1.22. The van der Waals surface area contributed by atoms with Crippen molar-refractivity contribution >= 4 is 16.8 Å². The van der Waals surface area contributed by atoms with E-state index in [1.165, 1.54) is 0 Å². The van der Waals surface area contributed by atoms with Crippen LogP contribution in [0.3, 0.4) is 0 Å². The first-order valence-corrected chi connectivity index (χ1v) is 10.2. The Morgan fingerprint density at radius 3 is 2.80 bits per heavy atom. The number of carbonyl (C=O) groups excluding carboxylic acids is 1. The zero-order valence-electron chi connectivity index (χ0n) is 17.1. The number of nitrogens with zero attached hydrogens (tertiary/aromatic N) is 5. The number of rotatable bonds is 4. The third-order valence-electron chi connectivity index (χ3n) is 5.82. The summed E-state index contributed by atoms with van der Waals surface area (Å²) in [5.74, 6) is 1.18. The van der Waals surface area contributed by atoms with Crippen molar-refractivity contribution in [1.82, 2.24) is 24.8 Å². The molecule has 7 nitrogen and oxygen atoms in total. The highest BCUT2D eigenvalue weighted by molar-refractivity contribution is 5.85. The molecular formula is C23H23N5O2. The maximum Gasteiger partial charge on any atom is 0.230 e. The van der Waals surface area contributed by atoms with Crippen LogP contribution in [0.15, 0.2) is 53.1 Å². The number of fused-ring (bicyclic) bond motifs is 1. The second-order valence-corrected chi connectivity index (χ2v) is 7.89. The van der Waals surface area contributed by atoms with E-state index in [1.54, 1.807) is 0 Å². The Balaban J connectivity index is 1.31. The van der Waals surface area contributed by atoms with E-state index in [2.05, 4.69) is 15.2 Å². The zero-order valence-corrected chi connectivity index (χ0v) is 17.1. The Hall–Kier alpha value is -3.48. The number of benzene rings is 2. The van der Waals surface area contributed by atoms with E-state index >= 15 is 0 Å². The summed E-state index contributed by atoms with van der Waals surface area (Å²) < 4.78 is 7.41. The molecule has 0 saturated carbocycles. The molecule has 3 heterocycles. The Bertz CT molecular complexity index is 1210. The molecule has 5 rings (SSSR count). The first-order valence-electron chi connectivity index (χ1n) is 10.2. The molecule has 1 saturated heterocycles. The monoisotopic (exact) mass is 401 g/mol. The predicted octanol–water partition coefficient (Wildman–Crippen LogP) is 3.84. The highest BCUT2D eigenvalue weighted by Gasteiger charge is 2.30. The SMILES string of the molecule is Cc1nn(C)c2cc(-c3noc(C4CCN(Cc5ccccc5)C(=O)C4)n3)ccc12. The molecule has 152 valence electrons. The van der Waals surface area contributed by atoms with Gasteiger partial charge in [-0.1, -0.05) is 47.6 Å². The first kappa shape index (κ1) is 18.5. The number of aromatic nitrogens is 4. The van der Waals surface area contributed by atoms with E-state index in [9.17, 15) is 4.79 Å². The Morgan fingerprint density at radius 2 is 2.00 bits per heavy atom. The van der Waals surface area contributed by atoms with Gasteiger partial charge in [-0.25, -0.2) is 0 Å². The van der Waals surface area contributed by atoms with Crippen LogP contribution >= 0.6 is 0 Å². The summed E-state index contributed by atoms with van der Waals surface area (Å²) in [6, 6.07) is 16.1. The van der Waals surface area contributed by atoms with Gasteiger partial charge in [0.1, 0.15) is 0 Å². The maximum atomic E-state index is 12.7. The van der Waals surface area contributed by atoms with Crippen molar-refractivity contribution < 1.29 is 9.32 Å². The molecule has 0 N–H and O–H groups in total. The molecule has 7 heteroatoms. The molecule has 2 aromatic carbocycles. The third kappa shape index (κ3) is 3.36. The summed E-state index contributed by atoms with van der Waals surface area (Å²) >= 11 is 0. The van der Waals surface area contributed by atoms with Crippen LogP contribution in [0.2, 0.25) is 0 Å². The number of hydrogen-bond donors (Lipinski definition) is 0. The smallest absolute Gasteiger partial charge is 0.230 e. The van der Waals surface area contributed by atoms with Crippen molar-refractivity contribution in [1.29, 1.82) is 0 Å². The van der Waals surface area contributed by atoms with Crippen molar-refractivity contribution in [3.05, 3.63) is 65.7 Å². The quantitative estimate of drug-likeness (QED) is 0.519. The Kier molecular flexibility index (Phi) is 4.58. The summed E-state index contributed by atoms with van der Waals surface area (Å²) in [5.41, 5.74) is 4.05. The molecule has 0 spiro atoms. The van der Waals surface area contributed by atoms with Gasteiger partial charge in [0.25, 0.3) is 0 Å². The number of aryl methyl sites for hydroxylation is 2. The molecule has 0 radical (unpaired) electrons. The van der Waals surface area contributed by atoms with Crippen LogP contribution in [0.5, 0.6) is 0 Å². The fraction of sp³-hybridized carbons (Fsp3) is 0.304. The summed E-state index contributed by atoms with van der Waals surface area (Å²) in [6.45, 7) is 3.33. The average molecular weight is 401 g/mol. The Morgan fingerprint density at radius 1 is 1.17 bits per heavy atom. The molecule has 2 aromatic heterocycles. The van der Waals surface area contributed by atoms with Gasteiger partial charge in [0.15, 0.2) is 0 Å². The van der Waals surface area contributed by atoms with Gasteiger partial charge in [-0.3, -0.25) is 9.48 Å². The number of carbonyl (C=O) groups is 1. The van der Waals surface area contributed by atoms with Gasteiger partial charge < -0.3 is 9.42 Å². The second-order valence-electron chi connectivity index (χ2n) is 7.89. The predicted molar refractivity (Wildman–Crippen MR) is 113 cm³/mol. The van der Waals surface area contributed by atoms with E-state index in [0.29, 0.717) is 31.2 Å². The van der Waals surface area contributed by atoms with Crippen LogP contribution in [0.4, 0.5) is 0 Å². The minimum atomic E-state index is -0.0338. The van der Waals surface area contributed by atoms with Crippen molar-refractivity contribution in [3.63, 3.8) is 0 Å². The molecule has 0 aliphatic carbocycles. The van der Waals surface area contributed by atoms with E-state index in [4.69, 9.17) is 4.52 Å². The Labute approximate surface area is 174 Å². The summed E-state index contributed by atoms with van der Waals surface area (Å²) in [4.78, 5) is 19.2. The highest BCUT2D eigenvalue weighted by atomic mass is 16.5. The first-order chi connectivity index (χ1) is 14.6.